The van der Waals surface area contributed by atoms with Crippen LogP contribution in [0.1, 0.15) is 18.4 Å². The molecule has 17 heavy (non-hydrogen) atoms. The lowest BCUT2D eigenvalue weighted by atomic mass is 9.90. The van der Waals surface area contributed by atoms with Crippen molar-refractivity contribution in [2.75, 3.05) is 0 Å². The molecule has 4 heteroatoms. The highest BCUT2D eigenvalue weighted by molar-refractivity contribution is 6.52. The van der Waals surface area contributed by atoms with E-state index in [1.54, 1.807) is 6.08 Å². The fourth-order valence-electron chi connectivity index (χ4n) is 1.76. The molecular weight excluding hydrogens is 259 g/mol. The van der Waals surface area contributed by atoms with Gasteiger partial charge in [0.05, 0.1) is 5.57 Å². The third kappa shape index (κ3) is 2.96. The molecule has 0 heterocycles. The van der Waals surface area contributed by atoms with Crippen LogP contribution in [-0.2, 0) is 9.59 Å². The maximum absolute atomic E-state index is 11.8. The maximum atomic E-state index is 11.8. The van der Waals surface area contributed by atoms with Crippen LogP contribution < -0.4 is 0 Å². The summed E-state index contributed by atoms with van der Waals surface area (Å²) in [5.74, 6) is -0.592. The first-order valence-electron chi connectivity index (χ1n) is 5.19. The molecule has 1 aromatic rings. The van der Waals surface area contributed by atoms with E-state index in [0.29, 0.717) is 0 Å². The van der Waals surface area contributed by atoms with Gasteiger partial charge in [0, 0.05) is 12.8 Å². The summed E-state index contributed by atoms with van der Waals surface area (Å²) < 4.78 is -1.25. The number of hydrogen-bond donors (Lipinski definition) is 0. The number of rotatable bonds is 1. The summed E-state index contributed by atoms with van der Waals surface area (Å²) in [7, 11) is 0. The topological polar surface area (TPSA) is 34.1 Å². The highest BCUT2D eigenvalue weighted by atomic mass is 35.5. The molecule has 1 saturated carbocycles. The Morgan fingerprint density at radius 3 is 2.06 bits per heavy atom. The third-order valence-electron chi connectivity index (χ3n) is 2.55. The van der Waals surface area contributed by atoms with Crippen LogP contribution in [0, 0.1) is 0 Å². The Balaban J connectivity index is 2.31. The number of carbonyl (C=O) groups is 2. The molecule has 0 radical (unpaired) electrons. The second-order valence-corrected chi connectivity index (χ2v) is 5.67. The normalized spacial score (nSPS) is 19.3. The van der Waals surface area contributed by atoms with Gasteiger partial charge in [0.15, 0.2) is 11.6 Å². The lowest BCUT2D eigenvalue weighted by Crippen LogP contribution is -2.32. The van der Waals surface area contributed by atoms with Crippen molar-refractivity contribution in [2.45, 2.75) is 17.2 Å². The molecule has 0 aromatic heterocycles. The Morgan fingerprint density at radius 2 is 1.53 bits per heavy atom. The summed E-state index contributed by atoms with van der Waals surface area (Å²) in [6, 6.07) is 9.22. The largest absolute Gasteiger partial charge is 0.294 e. The van der Waals surface area contributed by atoms with Crippen LogP contribution in [0.25, 0.3) is 6.08 Å². The van der Waals surface area contributed by atoms with Crippen molar-refractivity contribution in [2.24, 2.45) is 0 Å². The molecule has 2 nitrogen and oxygen atoms in total. The molecule has 1 fully saturated rings. The van der Waals surface area contributed by atoms with Crippen molar-refractivity contribution in [3.63, 3.8) is 0 Å². The average molecular weight is 269 g/mol. The van der Waals surface area contributed by atoms with Crippen LogP contribution >= 0.6 is 23.2 Å². The van der Waals surface area contributed by atoms with Crippen LogP contribution in [0.15, 0.2) is 35.9 Å². The highest BCUT2D eigenvalue weighted by Gasteiger charge is 2.39. The molecule has 0 amide bonds. The van der Waals surface area contributed by atoms with E-state index in [0.717, 1.165) is 5.56 Å². The van der Waals surface area contributed by atoms with Gasteiger partial charge in [-0.2, -0.15) is 0 Å². The lowest BCUT2D eigenvalue weighted by Gasteiger charge is -2.23. The van der Waals surface area contributed by atoms with Crippen LogP contribution in [0.2, 0.25) is 0 Å². The first-order chi connectivity index (χ1) is 7.98. The van der Waals surface area contributed by atoms with E-state index in [2.05, 4.69) is 0 Å². The van der Waals surface area contributed by atoms with Gasteiger partial charge in [-0.15, -0.1) is 23.2 Å². The molecule has 0 spiro atoms. The van der Waals surface area contributed by atoms with Crippen molar-refractivity contribution >= 4 is 40.8 Å². The summed E-state index contributed by atoms with van der Waals surface area (Å²) in [5, 5.41) is 0. The molecule has 1 aromatic carbocycles. The van der Waals surface area contributed by atoms with Crippen molar-refractivity contribution in [1.82, 2.24) is 0 Å². The standard InChI is InChI=1S/C13H10Cl2O2/c14-13(15)7-11(16)10(12(17)8-13)6-9-4-2-1-3-5-9/h1-6H,7-8H2. The number of ketones is 2. The zero-order valence-electron chi connectivity index (χ0n) is 8.95. The first kappa shape index (κ1) is 12.3. The van der Waals surface area contributed by atoms with E-state index in [1.165, 1.54) is 0 Å². The predicted octanol–water partition coefficient (Wildman–Crippen LogP) is 3.18. The van der Waals surface area contributed by atoms with Gasteiger partial charge in [-0.3, -0.25) is 9.59 Å². The molecule has 1 aliphatic rings. The van der Waals surface area contributed by atoms with Gasteiger partial charge in [-0.25, -0.2) is 0 Å². The zero-order chi connectivity index (χ0) is 12.5. The maximum Gasteiger partial charge on any atom is 0.169 e. The van der Waals surface area contributed by atoms with Crippen molar-refractivity contribution in [1.29, 1.82) is 0 Å². The summed E-state index contributed by atoms with van der Waals surface area (Å²) in [6.07, 6.45) is 1.56. The molecule has 0 aliphatic heterocycles. The summed E-state index contributed by atoms with van der Waals surface area (Å²) >= 11 is 11.7. The fraction of sp³-hybridized carbons (Fsp3) is 0.231. The average Bonchev–Trinajstić information content (AvgIpc) is 2.24. The van der Waals surface area contributed by atoms with E-state index in [-0.39, 0.29) is 30.0 Å². The second kappa shape index (κ2) is 4.63. The molecule has 0 saturated heterocycles. The van der Waals surface area contributed by atoms with Gasteiger partial charge in [-0.1, -0.05) is 30.3 Å². The highest BCUT2D eigenvalue weighted by Crippen LogP contribution is 2.36. The van der Waals surface area contributed by atoms with Crippen molar-refractivity contribution in [3.05, 3.63) is 41.5 Å². The number of alkyl halides is 2. The third-order valence-corrected chi connectivity index (χ3v) is 3.08. The number of allylic oxidation sites excluding steroid dienone is 1. The van der Waals surface area contributed by atoms with Crippen LogP contribution in [-0.4, -0.2) is 15.9 Å². The summed E-state index contributed by atoms with van der Waals surface area (Å²) in [5.41, 5.74) is 1.01. The van der Waals surface area contributed by atoms with Crippen molar-refractivity contribution in [3.8, 4) is 0 Å². The van der Waals surface area contributed by atoms with Crippen LogP contribution in [0.4, 0.5) is 0 Å². The van der Waals surface area contributed by atoms with Gasteiger partial charge in [0.1, 0.15) is 4.33 Å². The minimum absolute atomic E-state index is 0.0134. The van der Waals surface area contributed by atoms with Gasteiger partial charge >= 0.3 is 0 Å². The number of Topliss-reactive ketones (excluding diaryl/α,β-unsaturated/α-hetero) is 2. The van der Waals surface area contributed by atoms with E-state index >= 15 is 0 Å². The smallest absolute Gasteiger partial charge is 0.169 e. The van der Waals surface area contributed by atoms with Gasteiger partial charge in [0.2, 0.25) is 0 Å². The van der Waals surface area contributed by atoms with E-state index in [4.69, 9.17) is 23.2 Å². The molecule has 0 unspecified atom stereocenters. The Morgan fingerprint density at radius 1 is 1.00 bits per heavy atom. The zero-order valence-corrected chi connectivity index (χ0v) is 10.5. The Kier molecular flexibility index (Phi) is 3.36. The molecular formula is C13H10Cl2O2. The first-order valence-corrected chi connectivity index (χ1v) is 5.94. The van der Waals surface area contributed by atoms with Gasteiger partial charge in [0.25, 0.3) is 0 Å². The predicted molar refractivity (Wildman–Crippen MR) is 68.1 cm³/mol. The minimum Gasteiger partial charge on any atom is -0.294 e. The molecule has 1 aliphatic carbocycles. The van der Waals surface area contributed by atoms with E-state index < -0.39 is 4.33 Å². The van der Waals surface area contributed by atoms with Crippen molar-refractivity contribution < 1.29 is 9.59 Å². The number of carbonyl (C=O) groups excluding carboxylic acids is 2. The molecule has 0 atom stereocenters. The lowest BCUT2D eigenvalue weighted by molar-refractivity contribution is -0.123. The summed E-state index contributed by atoms with van der Waals surface area (Å²) in [6.45, 7) is 0. The van der Waals surface area contributed by atoms with E-state index in [1.807, 2.05) is 30.3 Å². The van der Waals surface area contributed by atoms with Crippen LogP contribution in [0.3, 0.4) is 0 Å². The quantitative estimate of drug-likeness (QED) is 0.446. The Bertz CT molecular complexity index is 467. The Labute approximate surface area is 109 Å². The number of hydrogen-bond acceptors (Lipinski definition) is 2. The SMILES string of the molecule is O=C1CC(Cl)(Cl)CC(=O)C1=Cc1ccccc1. The van der Waals surface area contributed by atoms with Gasteiger partial charge in [-0.05, 0) is 11.6 Å². The molecule has 0 bridgehead atoms. The van der Waals surface area contributed by atoms with Gasteiger partial charge < -0.3 is 0 Å². The molecule has 2 rings (SSSR count). The van der Waals surface area contributed by atoms with Crippen LogP contribution in [0.5, 0.6) is 0 Å². The van der Waals surface area contributed by atoms with E-state index in [9.17, 15) is 9.59 Å². The summed E-state index contributed by atoms with van der Waals surface area (Å²) in [4.78, 5) is 23.5. The minimum atomic E-state index is -1.25. The fourth-order valence-corrected chi connectivity index (χ4v) is 2.24. The monoisotopic (exact) mass is 268 g/mol. The second-order valence-electron chi connectivity index (χ2n) is 4.02. The molecule has 0 N–H and O–H groups in total. The Hall–Kier alpha value is -1.12. The number of benzene rings is 1. The molecule has 88 valence electrons. The number of halogens is 2.